The number of fused-ring (bicyclic) bond motifs is 2. The SMILES string of the molecule is COc1ccc2cc([C@H](C)c3nc4sc([C@H](c5ccc(Cl)cc5)N5CCN(c6ccc([N+](=O)[O-])cc6)CC5)c(O)n4n3)ccc2c1. The standard InChI is InChI=1S/C34H31ClN6O4S/c1-21(23-3-4-25-20-29(45-2)14-7-24(25)19-23)32-36-34-40(37-32)33(42)31(46-34)30(22-5-8-26(35)9-6-22)39-17-15-38(16-18-39)27-10-12-28(13-11-27)41(43)44/h3-14,19-21,30,42H,15-18H2,1-2H3/t21-,30-/m0/s1. The minimum absolute atomic E-state index is 0.0767. The van der Waals surface area contributed by atoms with Gasteiger partial charge < -0.3 is 14.7 Å². The molecule has 1 aliphatic rings. The van der Waals surface area contributed by atoms with Gasteiger partial charge in [-0.2, -0.15) is 4.52 Å². The minimum atomic E-state index is -0.386. The smallest absolute Gasteiger partial charge is 0.269 e. The topological polar surface area (TPSA) is 109 Å². The number of benzene rings is 4. The molecule has 0 aliphatic carbocycles. The van der Waals surface area contributed by atoms with Crippen LogP contribution in [0, 0.1) is 10.1 Å². The summed E-state index contributed by atoms with van der Waals surface area (Å²) in [5.74, 6) is 1.45. The molecular weight excluding hydrogens is 624 g/mol. The lowest BCUT2D eigenvalue weighted by Gasteiger charge is -2.40. The van der Waals surface area contributed by atoms with Crippen LogP contribution < -0.4 is 9.64 Å². The van der Waals surface area contributed by atoms with Gasteiger partial charge in [0, 0.05) is 54.9 Å². The zero-order valence-corrected chi connectivity index (χ0v) is 26.8. The molecule has 2 atom stereocenters. The monoisotopic (exact) mass is 654 g/mol. The van der Waals surface area contributed by atoms with Crippen LogP contribution in [-0.4, -0.2) is 62.8 Å². The number of piperazine rings is 1. The van der Waals surface area contributed by atoms with E-state index < -0.39 is 0 Å². The van der Waals surface area contributed by atoms with E-state index in [1.165, 1.54) is 23.5 Å². The largest absolute Gasteiger partial charge is 0.497 e. The van der Waals surface area contributed by atoms with Crippen LogP contribution in [0.3, 0.4) is 0 Å². The van der Waals surface area contributed by atoms with E-state index in [1.54, 1.807) is 23.8 Å². The molecule has 0 amide bonds. The van der Waals surface area contributed by atoms with Gasteiger partial charge in [-0.3, -0.25) is 15.0 Å². The van der Waals surface area contributed by atoms with Crippen molar-refractivity contribution >= 4 is 50.0 Å². The first kappa shape index (κ1) is 30.0. The van der Waals surface area contributed by atoms with Crippen molar-refractivity contribution in [3.05, 3.63) is 122 Å². The number of ether oxygens (including phenoxy) is 1. The third-order valence-electron chi connectivity index (χ3n) is 8.71. The van der Waals surface area contributed by atoms with Crippen LogP contribution in [0.5, 0.6) is 11.6 Å². The van der Waals surface area contributed by atoms with Crippen LogP contribution >= 0.6 is 22.9 Å². The number of hydrogen-bond donors (Lipinski definition) is 1. The number of aromatic nitrogens is 3. The van der Waals surface area contributed by atoms with Gasteiger partial charge in [0.1, 0.15) is 5.75 Å². The van der Waals surface area contributed by atoms with E-state index in [4.69, 9.17) is 26.4 Å². The van der Waals surface area contributed by atoms with Gasteiger partial charge in [0.15, 0.2) is 5.82 Å². The zero-order valence-electron chi connectivity index (χ0n) is 25.2. The Bertz CT molecular complexity index is 2040. The van der Waals surface area contributed by atoms with Crippen LogP contribution in [-0.2, 0) is 0 Å². The van der Waals surface area contributed by atoms with E-state index >= 15 is 0 Å². The number of halogens is 1. The molecule has 0 bridgehead atoms. The Balaban J connectivity index is 1.16. The fourth-order valence-corrected chi connectivity index (χ4v) is 7.36. The first-order valence-corrected chi connectivity index (χ1v) is 16.1. The van der Waals surface area contributed by atoms with Crippen molar-refractivity contribution < 1.29 is 14.8 Å². The number of hydrogen-bond acceptors (Lipinski definition) is 9. The number of nitro groups is 1. The van der Waals surface area contributed by atoms with Crippen LogP contribution in [0.2, 0.25) is 5.02 Å². The first-order chi connectivity index (χ1) is 22.3. The van der Waals surface area contributed by atoms with Crippen molar-refractivity contribution in [2.24, 2.45) is 0 Å². The Morgan fingerprint density at radius 2 is 1.61 bits per heavy atom. The van der Waals surface area contributed by atoms with Gasteiger partial charge in [-0.1, -0.05) is 66.3 Å². The summed E-state index contributed by atoms with van der Waals surface area (Å²) in [4.78, 5) is 21.5. The molecule has 12 heteroatoms. The normalized spacial score (nSPS) is 15.3. The zero-order chi connectivity index (χ0) is 31.9. The maximum atomic E-state index is 11.6. The highest BCUT2D eigenvalue weighted by Crippen LogP contribution is 2.41. The molecule has 7 rings (SSSR count). The number of rotatable bonds is 8. The predicted molar refractivity (Wildman–Crippen MR) is 181 cm³/mol. The quantitative estimate of drug-likeness (QED) is 0.135. The molecule has 0 radical (unpaired) electrons. The Morgan fingerprint density at radius 3 is 2.28 bits per heavy atom. The Kier molecular flexibility index (Phi) is 7.97. The number of thiazole rings is 1. The van der Waals surface area contributed by atoms with E-state index in [0.29, 0.717) is 28.9 Å². The fraction of sp³-hybridized carbons (Fsp3) is 0.235. The summed E-state index contributed by atoms with van der Waals surface area (Å²) in [5.41, 5.74) is 3.12. The van der Waals surface area contributed by atoms with E-state index in [9.17, 15) is 15.2 Å². The highest BCUT2D eigenvalue weighted by atomic mass is 35.5. The molecule has 4 aromatic carbocycles. The number of methoxy groups -OCH3 is 1. The van der Waals surface area contributed by atoms with E-state index in [1.807, 2.05) is 42.5 Å². The molecule has 6 aromatic rings. The highest BCUT2D eigenvalue weighted by molar-refractivity contribution is 7.17. The van der Waals surface area contributed by atoms with E-state index in [0.717, 1.165) is 51.3 Å². The molecule has 0 saturated carbocycles. The van der Waals surface area contributed by atoms with Crippen molar-refractivity contribution in [2.45, 2.75) is 18.9 Å². The lowest BCUT2D eigenvalue weighted by Crippen LogP contribution is -2.47. The third kappa shape index (κ3) is 5.61. The summed E-state index contributed by atoms with van der Waals surface area (Å²) in [6.07, 6.45) is 0. The van der Waals surface area contributed by atoms with Gasteiger partial charge in [-0.25, -0.2) is 4.98 Å². The molecule has 3 heterocycles. The third-order valence-corrected chi connectivity index (χ3v) is 10.0. The molecule has 234 valence electrons. The molecule has 1 saturated heterocycles. The van der Waals surface area contributed by atoms with Crippen LogP contribution in [0.1, 0.15) is 40.7 Å². The Hall–Kier alpha value is -4.71. The van der Waals surface area contributed by atoms with Gasteiger partial charge >= 0.3 is 0 Å². The van der Waals surface area contributed by atoms with Crippen molar-refractivity contribution in [1.29, 1.82) is 0 Å². The summed E-state index contributed by atoms with van der Waals surface area (Å²) in [6, 6.07) is 26.5. The molecule has 1 fully saturated rings. The number of non-ortho nitro benzene ring substituents is 1. The summed E-state index contributed by atoms with van der Waals surface area (Å²) in [6.45, 7) is 4.96. The number of aromatic hydroxyl groups is 1. The van der Waals surface area contributed by atoms with Crippen LogP contribution in [0.15, 0.2) is 84.9 Å². The van der Waals surface area contributed by atoms with Gasteiger partial charge in [-0.15, -0.1) is 5.10 Å². The molecule has 2 aromatic heterocycles. The fourth-order valence-electron chi connectivity index (χ4n) is 6.11. The van der Waals surface area contributed by atoms with Crippen molar-refractivity contribution in [2.75, 3.05) is 38.2 Å². The molecule has 0 spiro atoms. The second-order valence-electron chi connectivity index (χ2n) is 11.4. The van der Waals surface area contributed by atoms with Crippen molar-refractivity contribution in [3.63, 3.8) is 0 Å². The molecule has 1 N–H and O–H groups in total. The first-order valence-electron chi connectivity index (χ1n) is 14.9. The Labute approximate surface area is 274 Å². The summed E-state index contributed by atoms with van der Waals surface area (Å²) in [7, 11) is 1.66. The van der Waals surface area contributed by atoms with Crippen LogP contribution in [0.4, 0.5) is 11.4 Å². The second kappa shape index (κ2) is 12.2. The summed E-state index contributed by atoms with van der Waals surface area (Å²) in [5, 5.41) is 30.3. The molecule has 10 nitrogen and oxygen atoms in total. The predicted octanol–water partition coefficient (Wildman–Crippen LogP) is 7.28. The maximum absolute atomic E-state index is 11.6. The number of nitro benzene ring substituents is 1. The summed E-state index contributed by atoms with van der Waals surface area (Å²) < 4.78 is 6.91. The lowest BCUT2D eigenvalue weighted by molar-refractivity contribution is -0.384. The van der Waals surface area contributed by atoms with E-state index in [-0.39, 0.29) is 28.5 Å². The molecule has 1 aliphatic heterocycles. The summed E-state index contributed by atoms with van der Waals surface area (Å²) >= 11 is 7.69. The average Bonchev–Trinajstić information content (AvgIpc) is 3.64. The van der Waals surface area contributed by atoms with Gasteiger partial charge in [0.25, 0.3) is 5.69 Å². The number of nitrogens with zero attached hydrogens (tertiary/aromatic N) is 6. The Morgan fingerprint density at radius 1 is 0.935 bits per heavy atom. The highest BCUT2D eigenvalue weighted by Gasteiger charge is 2.32. The maximum Gasteiger partial charge on any atom is 0.269 e. The lowest BCUT2D eigenvalue weighted by atomic mass is 9.97. The average molecular weight is 655 g/mol. The second-order valence-corrected chi connectivity index (χ2v) is 12.8. The molecule has 46 heavy (non-hydrogen) atoms. The van der Waals surface area contributed by atoms with Crippen LogP contribution in [0.25, 0.3) is 15.7 Å². The van der Waals surface area contributed by atoms with Gasteiger partial charge in [-0.05, 0) is 58.3 Å². The van der Waals surface area contributed by atoms with Crippen molar-refractivity contribution in [1.82, 2.24) is 19.5 Å². The minimum Gasteiger partial charge on any atom is -0.497 e. The van der Waals surface area contributed by atoms with E-state index in [2.05, 4.69) is 34.9 Å². The number of anilines is 1. The molecular formula is C34H31ClN6O4S. The van der Waals surface area contributed by atoms with Gasteiger partial charge in [0.2, 0.25) is 10.8 Å². The van der Waals surface area contributed by atoms with Gasteiger partial charge in [0.05, 0.1) is 23.0 Å². The molecule has 0 unspecified atom stereocenters. The van der Waals surface area contributed by atoms with Crippen molar-refractivity contribution in [3.8, 4) is 11.6 Å².